The Morgan fingerprint density at radius 2 is 1.62 bits per heavy atom. The Morgan fingerprint density at radius 3 is 2.30 bits per heavy atom. The van der Waals surface area contributed by atoms with Crippen LogP contribution in [-0.4, -0.2) is 70.3 Å². The third-order valence-corrected chi connectivity index (χ3v) is 7.18. The third-order valence-electron chi connectivity index (χ3n) is 7.18. The van der Waals surface area contributed by atoms with Crippen LogP contribution < -0.4 is 4.90 Å². The van der Waals surface area contributed by atoms with Gasteiger partial charge in [-0.15, -0.1) is 10.2 Å². The average molecular weight is 496 g/mol. The molecule has 7 nitrogen and oxygen atoms in total. The van der Waals surface area contributed by atoms with Crippen LogP contribution >= 0.6 is 0 Å². The van der Waals surface area contributed by atoms with Crippen LogP contribution in [0.2, 0.25) is 0 Å². The monoisotopic (exact) mass is 495 g/mol. The molecule has 1 aliphatic rings. The van der Waals surface area contributed by atoms with Crippen molar-refractivity contribution in [3.63, 3.8) is 0 Å². The minimum absolute atomic E-state index is 0.0730. The molecule has 37 heavy (non-hydrogen) atoms. The number of aromatic nitrogens is 2. The molecule has 0 spiro atoms. The van der Waals surface area contributed by atoms with E-state index in [2.05, 4.69) is 56.4 Å². The van der Waals surface area contributed by atoms with E-state index >= 15 is 0 Å². The van der Waals surface area contributed by atoms with Crippen molar-refractivity contribution in [3.8, 4) is 16.9 Å². The van der Waals surface area contributed by atoms with Gasteiger partial charge in [-0.05, 0) is 65.6 Å². The number of benzene rings is 3. The van der Waals surface area contributed by atoms with Crippen LogP contribution in [0.25, 0.3) is 21.9 Å². The summed E-state index contributed by atoms with van der Waals surface area (Å²) in [7, 11) is 0. The van der Waals surface area contributed by atoms with Crippen molar-refractivity contribution in [2.45, 2.75) is 20.4 Å². The molecule has 5 rings (SSSR count). The molecular weight excluding hydrogens is 462 g/mol. The summed E-state index contributed by atoms with van der Waals surface area (Å²) in [5, 5.41) is 21.0. The Balaban J connectivity index is 1.26. The Bertz CT molecular complexity index is 1380. The first kappa shape index (κ1) is 24.7. The first-order valence-corrected chi connectivity index (χ1v) is 13.0. The molecule has 1 N–H and O–H groups in total. The molecular formula is C30H33N5O2. The summed E-state index contributed by atoms with van der Waals surface area (Å²) >= 11 is 0. The lowest BCUT2D eigenvalue weighted by molar-refractivity contribution is 0.0766. The van der Waals surface area contributed by atoms with Crippen molar-refractivity contribution in [2.75, 3.05) is 44.2 Å². The first-order chi connectivity index (χ1) is 18.1. The summed E-state index contributed by atoms with van der Waals surface area (Å²) in [4.78, 5) is 19.0. The number of amides is 1. The van der Waals surface area contributed by atoms with E-state index in [1.165, 1.54) is 16.3 Å². The fraction of sp³-hybridized carbons (Fsp3) is 0.300. The quantitative estimate of drug-likeness (QED) is 0.397. The van der Waals surface area contributed by atoms with E-state index in [9.17, 15) is 9.90 Å². The minimum Gasteiger partial charge on any atom is -0.508 e. The number of nitrogens with zero attached hydrogens (tertiary/aromatic N) is 5. The van der Waals surface area contributed by atoms with Crippen molar-refractivity contribution in [3.05, 3.63) is 84.1 Å². The summed E-state index contributed by atoms with van der Waals surface area (Å²) < 4.78 is 0. The lowest BCUT2D eigenvalue weighted by Gasteiger charge is -2.35. The van der Waals surface area contributed by atoms with Gasteiger partial charge in [0.05, 0.1) is 0 Å². The number of fused-ring (bicyclic) bond motifs is 1. The topological polar surface area (TPSA) is 72.8 Å². The van der Waals surface area contributed by atoms with Crippen LogP contribution in [0.3, 0.4) is 0 Å². The van der Waals surface area contributed by atoms with Crippen LogP contribution in [0.1, 0.15) is 29.9 Å². The average Bonchev–Trinajstić information content (AvgIpc) is 2.94. The third kappa shape index (κ3) is 5.27. The SMILES string of the molecule is CCN(CC)C(=O)c1ccc(N2CCN(Cc3ccc(-c4cccc(O)c4)c4ccccc34)CC2)nn1. The maximum Gasteiger partial charge on any atom is 0.274 e. The van der Waals surface area contributed by atoms with Gasteiger partial charge in [-0.1, -0.05) is 48.5 Å². The number of piperazine rings is 1. The molecule has 1 aromatic heterocycles. The summed E-state index contributed by atoms with van der Waals surface area (Å²) in [6, 6.07) is 24.0. The Labute approximate surface area is 218 Å². The van der Waals surface area contributed by atoms with Crippen molar-refractivity contribution < 1.29 is 9.90 Å². The molecule has 0 atom stereocenters. The van der Waals surface area contributed by atoms with Crippen LogP contribution in [-0.2, 0) is 6.54 Å². The van der Waals surface area contributed by atoms with Crippen molar-refractivity contribution in [2.24, 2.45) is 0 Å². The fourth-order valence-corrected chi connectivity index (χ4v) is 5.08. The molecule has 4 aromatic rings. The van der Waals surface area contributed by atoms with Crippen molar-refractivity contribution >= 4 is 22.5 Å². The summed E-state index contributed by atoms with van der Waals surface area (Å²) in [6.07, 6.45) is 0. The molecule has 7 heteroatoms. The van der Waals surface area contributed by atoms with E-state index in [-0.39, 0.29) is 11.7 Å². The fourth-order valence-electron chi connectivity index (χ4n) is 5.08. The van der Waals surface area contributed by atoms with Gasteiger partial charge in [-0.25, -0.2) is 0 Å². The molecule has 1 aliphatic heterocycles. The van der Waals surface area contributed by atoms with Gasteiger partial charge < -0.3 is 14.9 Å². The highest BCUT2D eigenvalue weighted by atomic mass is 16.3. The Kier molecular flexibility index (Phi) is 7.32. The molecule has 2 heterocycles. The number of rotatable bonds is 7. The number of hydrogen-bond acceptors (Lipinski definition) is 6. The molecule has 190 valence electrons. The van der Waals surface area contributed by atoms with Crippen LogP contribution in [0, 0.1) is 0 Å². The van der Waals surface area contributed by atoms with Crippen LogP contribution in [0.5, 0.6) is 5.75 Å². The number of aromatic hydroxyl groups is 1. The number of carbonyl (C=O) groups excluding carboxylic acids is 1. The van der Waals surface area contributed by atoms with Crippen LogP contribution in [0.4, 0.5) is 5.82 Å². The van der Waals surface area contributed by atoms with E-state index in [1.807, 2.05) is 38.1 Å². The zero-order valence-electron chi connectivity index (χ0n) is 21.5. The summed E-state index contributed by atoms with van der Waals surface area (Å²) in [5.41, 5.74) is 3.84. The van der Waals surface area contributed by atoms with E-state index in [0.29, 0.717) is 18.8 Å². The van der Waals surface area contributed by atoms with Crippen LogP contribution in [0.15, 0.2) is 72.8 Å². The molecule has 1 fully saturated rings. The summed E-state index contributed by atoms with van der Waals surface area (Å²) in [6.45, 7) is 9.69. The first-order valence-electron chi connectivity index (χ1n) is 13.0. The van der Waals surface area contributed by atoms with Crippen molar-refractivity contribution in [1.29, 1.82) is 0 Å². The highest BCUT2D eigenvalue weighted by Crippen LogP contribution is 2.33. The van der Waals surface area contributed by atoms with Gasteiger partial charge >= 0.3 is 0 Å². The van der Waals surface area contributed by atoms with Gasteiger partial charge in [0.1, 0.15) is 5.75 Å². The van der Waals surface area contributed by atoms with Gasteiger partial charge in [0.15, 0.2) is 11.5 Å². The lowest BCUT2D eigenvalue weighted by atomic mass is 9.94. The second kappa shape index (κ2) is 11.0. The summed E-state index contributed by atoms with van der Waals surface area (Å²) in [5.74, 6) is 1.02. The molecule has 3 aromatic carbocycles. The van der Waals surface area contributed by atoms with E-state index < -0.39 is 0 Å². The number of hydrogen-bond donors (Lipinski definition) is 1. The minimum atomic E-state index is -0.0730. The molecule has 0 saturated carbocycles. The van der Waals surface area contributed by atoms with E-state index in [4.69, 9.17) is 0 Å². The number of anilines is 1. The predicted octanol–water partition coefficient (Wildman–Crippen LogP) is 4.81. The Hall–Kier alpha value is -3.97. The zero-order chi connectivity index (χ0) is 25.8. The van der Waals surface area contributed by atoms with Crippen molar-refractivity contribution in [1.82, 2.24) is 20.0 Å². The molecule has 0 bridgehead atoms. The van der Waals surface area contributed by atoms with E-state index in [1.54, 1.807) is 17.0 Å². The van der Waals surface area contributed by atoms with Gasteiger partial charge in [0.25, 0.3) is 5.91 Å². The molecule has 0 unspecified atom stereocenters. The number of phenolic OH excluding ortho intramolecular Hbond substituents is 1. The maximum absolute atomic E-state index is 12.5. The maximum atomic E-state index is 12.5. The molecule has 1 saturated heterocycles. The number of carbonyl (C=O) groups is 1. The highest BCUT2D eigenvalue weighted by Gasteiger charge is 2.21. The molecule has 0 radical (unpaired) electrons. The smallest absolute Gasteiger partial charge is 0.274 e. The second-order valence-electron chi connectivity index (χ2n) is 9.39. The standard InChI is InChI=1S/C30H33N5O2/c1-3-34(4-2)30(37)28-14-15-29(32-31-28)35-18-16-33(17-19-35)21-23-12-13-26(22-8-7-9-24(36)20-22)27-11-6-5-10-25(23)27/h5-15,20,36H,3-4,16-19,21H2,1-2H3. The lowest BCUT2D eigenvalue weighted by Crippen LogP contribution is -2.46. The van der Waals surface area contributed by atoms with Gasteiger partial charge in [-0.3, -0.25) is 9.69 Å². The Morgan fingerprint density at radius 1 is 0.865 bits per heavy atom. The molecule has 0 aliphatic carbocycles. The normalized spacial score (nSPS) is 14.2. The van der Waals surface area contributed by atoms with Gasteiger partial charge in [-0.2, -0.15) is 0 Å². The molecule has 1 amide bonds. The van der Waals surface area contributed by atoms with Gasteiger partial charge in [0.2, 0.25) is 0 Å². The highest BCUT2D eigenvalue weighted by molar-refractivity contribution is 5.98. The number of phenols is 1. The largest absolute Gasteiger partial charge is 0.508 e. The second-order valence-corrected chi connectivity index (χ2v) is 9.39. The predicted molar refractivity (Wildman–Crippen MR) is 148 cm³/mol. The van der Waals surface area contributed by atoms with E-state index in [0.717, 1.165) is 49.7 Å². The zero-order valence-corrected chi connectivity index (χ0v) is 21.5. The van der Waals surface area contributed by atoms with Gasteiger partial charge in [0, 0.05) is 45.8 Å².